The molecule has 4 nitrogen and oxygen atoms in total. The number of hydrazine groups is 1. The van der Waals surface area contributed by atoms with Crippen LogP contribution in [0.3, 0.4) is 0 Å². The highest BCUT2D eigenvalue weighted by molar-refractivity contribution is 8.26. The largest absolute Gasteiger partial charge is 0.285 e. The number of rotatable bonds is 3. The highest BCUT2D eigenvalue weighted by atomic mass is 35.5. The van der Waals surface area contributed by atoms with E-state index < -0.39 is 5.91 Å². The monoisotopic (exact) mass is 380 g/mol. The highest BCUT2D eigenvalue weighted by Crippen LogP contribution is 2.32. The predicted octanol–water partition coefficient (Wildman–Crippen LogP) is 3.95. The van der Waals surface area contributed by atoms with Gasteiger partial charge in [-0.15, -0.1) is 11.3 Å². The number of nitrogens with one attached hydrogen (secondary N) is 1. The Labute approximate surface area is 151 Å². The first kappa shape index (κ1) is 16.2. The molecular weight excluding hydrogens is 372 g/mol. The van der Waals surface area contributed by atoms with E-state index in [0.717, 1.165) is 21.6 Å². The van der Waals surface area contributed by atoms with Crippen LogP contribution in [0.15, 0.2) is 46.7 Å². The predicted molar refractivity (Wildman–Crippen MR) is 98.2 cm³/mol. The Bertz CT molecular complexity index is 818. The van der Waals surface area contributed by atoms with Crippen molar-refractivity contribution >= 4 is 69.1 Å². The number of thiophene rings is 1. The van der Waals surface area contributed by atoms with Crippen LogP contribution in [0.5, 0.6) is 0 Å². The molecule has 2 heterocycles. The van der Waals surface area contributed by atoms with Gasteiger partial charge in [-0.3, -0.25) is 15.0 Å². The van der Waals surface area contributed by atoms with Crippen LogP contribution in [0.1, 0.15) is 15.2 Å². The Morgan fingerprint density at radius 2 is 2.04 bits per heavy atom. The zero-order valence-electron chi connectivity index (χ0n) is 11.5. The van der Waals surface area contributed by atoms with Crippen molar-refractivity contribution < 1.29 is 9.59 Å². The van der Waals surface area contributed by atoms with E-state index in [9.17, 15) is 9.59 Å². The number of carbonyl (C=O) groups excluding carboxylic acids is 2. The van der Waals surface area contributed by atoms with Crippen molar-refractivity contribution in [3.05, 3.63) is 62.1 Å². The molecule has 3 rings (SSSR count). The van der Waals surface area contributed by atoms with Crippen molar-refractivity contribution in [2.45, 2.75) is 0 Å². The molecule has 1 fully saturated rings. The van der Waals surface area contributed by atoms with Crippen LogP contribution in [0, 0.1) is 0 Å². The standard InChI is InChI=1S/C15H9ClN2O2S3/c16-11-6-2-1-5-10(11)13(19)17-18-14(20)12(23-15(18)21)8-9-4-3-7-22-9/h1-8H,(H,17,19)/b12-8-. The summed E-state index contributed by atoms with van der Waals surface area (Å²) in [7, 11) is 0. The SMILES string of the molecule is O=C(NN1C(=O)/C(=C/c2cccs2)SC1=S)c1ccccc1Cl. The Balaban J connectivity index is 1.79. The molecule has 2 amide bonds. The van der Waals surface area contributed by atoms with E-state index in [0.29, 0.717) is 9.93 Å². The van der Waals surface area contributed by atoms with Crippen molar-refractivity contribution in [1.82, 2.24) is 10.4 Å². The summed E-state index contributed by atoms with van der Waals surface area (Å²) in [5, 5.41) is 3.31. The van der Waals surface area contributed by atoms with Crippen molar-refractivity contribution in [2.75, 3.05) is 0 Å². The van der Waals surface area contributed by atoms with Crippen LogP contribution in [0.4, 0.5) is 0 Å². The summed E-state index contributed by atoms with van der Waals surface area (Å²) in [6.07, 6.45) is 1.76. The molecule has 1 saturated heterocycles. The van der Waals surface area contributed by atoms with Gasteiger partial charge in [0.15, 0.2) is 4.32 Å². The van der Waals surface area contributed by atoms with Gasteiger partial charge in [-0.2, -0.15) is 5.01 Å². The van der Waals surface area contributed by atoms with Crippen LogP contribution in [0.25, 0.3) is 6.08 Å². The molecule has 0 saturated carbocycles. The van der Waals surface area contributed by atoms with E-state index in [4.69, 9.17) is 23.8 Å². The van der Waals surface area contributed by atoms with Gasteiger partial charge < -0.3 is 0 Å². The van der Waals surface area contributed by atoms with E-state index in [1.165, 1.54) is 11.3 Å². The minimum atomic E-state index is -0.482. The summed E-state index contributed by atoms with van der Waals surface area (Å²) in [5.74, 6) is -0.835. The summed E-state index contributed by atoms with van der Waals surface area (Å²) in [5.41, 5.74) is 2.79. The Hall–Kier alpha value is -1.67. The molecule has 2 aromatic rings. The molecule has 1 aromatic heterocycles. The zero-order valence-corrected chi connectivity index (χ0v) is 14.7. The maximum atomic E-state index is 12.4. The van der Waals surface area contributed by atoms with Gasteiger partial charge in [-0.05, 0) is 41.9 Å². The molecule has 0 aliphatic carbocycles. The molecule has 23 heavy (non-hydrogen) atoms. The number of hydrogen-bond acceptors (Lipinski definition) is 5. The average Bonchev–Trinajstić information content (AvgIpc) is 3.12. The third-order valence-electron chi connectivity index (χ3n) is 2.94. The average molecular weight is 381 g/mol. The van der Waals surface area contributed by atoms with Crippen LogP contribution < -0.4 is 5.43 Å². The number of benzene rings is 1. The lowest BCUT2D eigenvalue weighted by Crippen LogP contribution is -2.44. The van der Waals surface area contributed by atoms with Crippen LogP contribution in [-0.4, -0.2) is 21.1 Å². The number of carbonyl (C=O) groups is 2. The summed E-state index contributed by atoms with van der Waals surface area (Å²) < 4.78 is 0.276. The van der Waals surface area contributed by atoms with Crippen LogP contribution in [0.2, 0.25) is 5.02 Å². The molecule has 1 aliphatic heterocycles. The van der Waals surface area contributed by atoms with Crippen LogP contribution >= 0.6 is 46.9 Å². The molecule has 116 valence electrons. The van der Waals surface area contributed by atoms with Gasteiger partial charge in [-0.1, -0.05) is 41.6 Å². The Morgan fingerprint density at radius 1 is 1.26 bits per heavy atom. The van der Waals surface area contributed by atoms with Crippen LogP contribution in [-0.2, 0) is 4.79 Å². The fraction of sp³-hybridized carbons (Fsp3) is 0. The van der Waals surface area contributed by atoms with E-state index in [-0.39, 0.29) is 15.8 Å². The lowest BCUT2D eigenvalue weighted by molar-refractivity contribution is -0.123. The first-order chi connectivity index (χ1) is 11.1. The molecule has 0 atom stereocenters. The summed E-state index contributed by atoms with van der Waals surface area (Å²) in [6.45, 7) is 0. The van der Waals surface area contributed by atoms with E-state index in [1.807, 2.05) is 17.5 Å². The molecular formula is C15H9ClN2O2S3. The number of thiocarbonyl (C=S) groups is 1. The maximum absolute atomic E-state index is 12.4. The number of nitrogens with zero attached hydrogens (tertiary/aromatic N) is 1. The fourth-order valence-electron chi connectivity index (χ4n) is 1.87. The summed E-state index contributed by atoms with van der Waals surface area (Å²) in [4.78, 5) is 26.1. The normalized spacial score (nSPS) is 16.2. The maximum Gasteiger partial charge on any atom is 0.285 e. The highest BCUT2D eigenvalue weighted by Gasteiger charge is 2.34. The molecule has 0 unspecified atom stereocenters. The van der Waals surface area contributed by atoms with E-state index in [1.54, 1.807) is 30.3 Å². The number of amides is 2. The minimum absolute atomic E-state index is 0.276. The Morgan fingerprint density at radius 3 is 2.74 bits per heavy atom. The van der Waals surface area contributed by atoms with Crippen molar-refractivity contribution in [1.29, 1.82) is 0 Å². The first-order valence-corrected chi connectivity index (χ1v) is 8.91. The second-order valence-corrected chi connectivity index (χ2v) is 7.52. The molecule has 1 aliphatic rings. The molecule has 1 aromatic carbocycles. The zero-order chi connectivity index (χ0) is 16.4. The lowest BCUT2D eigenvalue weighted by Gasteiger charge is -2.16. The second kappa shape index (κ2) is 6.84. The molecule has 1 N–H and O–H groups in total. The molecule has 0 bridgehead atoms. The molecule has 0 radical (unpaired) electrons. The summed E-state index contributed by atoms with van der Waals surface area (Å²) in [6, 6.07) is 10.4. The van der Waals surface area contributed by atoms with Crippen molar-refractivity contribution in [3.63, 3.8) is 0 Å². The second-order valence-electron chi connectivity index (χ2n) is 4.45. The van der Waals surface area contributed by atoms with Gasteiger partial charge in [0.2, 0.25) is 0 Å². The Kier molecular flexibility index (Phi) is 4.82. The van der Waals surface area contributed by atoms with Gasteiger partial charge in [0.1, 0.15) is 0 Å². The summed E-state index contributed by atoms with van der Waals surface area (Å²) >= 11 is 13.8. The van der Waals surface area contributed by atoms with Gasteiger partial charge in [0.25, 0.3) is 11.8 Å². The van der Waals surface area contributed by atoms with Gasteiger partial charge >= 0.3 is 0 Å². The number of hydrogen-bond donors (Lipinski definition) is 1. The molecule has 8 heteroatoms. The first-order valence-electron chi connectivity index (χ1n) is 6.43. The van der Waals surface area contributed by atoms with E-state index >= 15 is 0 Å². The van der Waals surface area contributed by atoms with Gasteiger partial charge in [0.05, 0.1) is 15.5 Å². The van der Waals surface area contributed by atoms with Gasteiger partial charge in [-0.25, -0.2) is 0 Å². The third kappa shape index (κ3) is 3.48. The van der Waals surface area contributed by atoms with E-state index in [2.05, 4.69) is 5.43 Å². The molecule has 0 spiro atoms. The topological polar surface area (TPSA) is 49.4 Å². The van der Waals surface area contributed by atoms with Gasteiger partial charge in [0, 0.05) is 4.88 Å². The number of thioether (sulfide) groups is 1. The van der Waals surface area contributed by atoms with Crippen molar-refractivity contribution in [3.8, 4) is 0 Å². The smallest absolute Gasteiger partial charge is 0.267 e. The minimum Gasteiger partial charge on any atom is -0.267 e. The third-order valence-corrected chi connectivity index (χ3v) is 5.39. The lowest BCUT2D eigenvalue weighted by atomic mass is 10.2. The fourth-order valence-corrected chi connectivity index (χ4v) is 4.00. The van der Waals surface area contributed by atoms with Crippen molar-refractivity contribution in [2.24, 2.45) is 0 Å². The number of halogens is 1. The quantitative estimate of drug-likeness (QED) is 0.647.